The summed E-state index contributed by atoms with van der Waals surface area (Å²) in [6.45, 7) is 16.5. The summed E-state index contributed by atoms with van der Waals surface area (Å²) >= 11 is 3.75. The lowest BCUT2D eigenvalue weighted by Crippen LogP contribution is -2.33. The number of hydrogen-bond acceptors (Lipinski definition) is 5. The Hall–Kier alpha value is -2.70. The van der Waals surface area contributed by atoms with Gasteiger partial charge in [-0.1, -0.05) is 30.0 Å². The van der Waals surface area contributed by atoms with Crippen molar-refractivity contribution in [3.63, 3.8) is 0 Å². The van der Waals surface area contributed by atoms with Gasteiger partial charge in [0.2, 0.25) is 5.52 Å². The minimum atomic E-state index is 0.610. The summed E-state index contributed by atoms with van der Waals surface area (Å²) in [5.74, 6) is 2.50. The molecule has 0 saturated carbocycles. The minimum Gasteiger partial charge on any atom is -0.494 e. The first-order valence-electron chi connectivity index (χ1n) is 13.9. The van der Waals surface area contributed by atoms with E-state index < -0.39 is 0 Å². The topological polar surface area (TPSA) is 25.6 Å². The lowest BCUT2D eigenvalue weighted by molar-refractivity contribution is -0.665. The van der Waals surface area contributed by atoms with Crippen LogP contribution in [0.25, 0.3) is 16.3 Å². The number of aryl methyl sites for hydroxylation is 1. The molecule has 1 aliphatic heterocycles. The fourth-order valence-corrected chi connectivity index (χ4v) is 7.86. The molecular formula is C32H39N2O2S2+. The van der Waals surface area contributed by atoms with E-state index in [2.05, 4.69) is 85.7 Å². The van der Waals surface area contributed by atoms with Gasteiger partial charge in [0.05, 0.1) is 30.0 Å². The Morgan fingerprint density at radius 2 is 1.71 bits per heavy atom. The fraction of sp³-hybridized carbons (Fsp3) is 0.406. The molecule has 0 radical (unpaired) electrons. The Morgan fingerprint density at radius 3 is 2.42 bits per heavy atom. The summed E-state index contributed by atoms with van der Waals surface area (Å²) in [5, 5.41) is 2.63. The molecule has 2 aromatic carbocycles. The van der Waals surface area contributed by atoms with Crippen LogP contribution >= 0.6 is 23.1 Å². The maximum atomic E-state index is 5.79. The zero-order valence-electron chi connectivity index (χ0n) is 23.5. The number of aromatic nitrogens is 1. The van der Waals surface area contributed by atoms with Crippen LogP contribution in [0.5, 0.6) is 11.5 Å². The van der Waals surface area contributed by atoms with Gasteiger partial charge in [0, 0.05) is 23.6 Å². The van der Waals surface area contributed by atoms with E-state index in [0.29, 0.717) is 19.1 Å². The largest absolute Gasteiger partial charge is 0.494 e. The number of anilines is 1. The highest BCUT2D eigenvalue weighted by molar-refractivity contribution is 8.03. The number of ether oxygens (including phenoxy) is 2. The number of benzene rings is 2. The van der Waals surface area contributed by atoms with Crippen LogP contribution in [0.3, 0.4) is 0 Å². The Morgan fingerprint density at radius 1 is 0.974 bits per heavy atom. The molecule has 1 aromatic heterocycles. The van der Waals surface area contributed by atoms with Crippen LogP contribution in [0, 0.1) is 5.92 Å². The molecule has 2 aliphatic rings. The van der Waals surface area contributed by atoms with Crippen LogP contribution in [0.4, 0.5) is 5.69 Å². The van der Waals surface area contributed by atoms with E-state index in [9.17, 15) is 0 Å². The molecule has 4 nitrogen and oxygen atoms in total. The molecule has 1 aliphatic carbocycles. The first kappa shape index (κ1) is 26.9. The fourth-order valence-electron chi connectivity index (χ4n) is 5.51. The van der Waals surface area contributed by atoms with Gasteiger partial charge >= 0.3 is 0 Å². The Labute approximate surface area is 235 Å². The molecule has 0 spiro atoms. The maximum absolute atomic E-state index is 5.79. The van der Waals surface area contributed by atoms with Gasteiger partial charge in [-0.3, -0.25) is 0 Å². The number of hydrogen-bond donors (Lipinski definition) is 0. The second-order valence-corrected chi connectivity index (χ2v) is 12.1. The second-order valence-electron chi connectivity index (χ2n) is 9.97. The van der Waals surface area contributed by atoms with Crippen molar-refractivity contribution in [1.82, 2.24) is 0 Å². The summed E-state index contributed by atoms with van der Waals surface area (Å²) in [4.78, 5) is 3.73. The summed E-state index contributed by atoms with van der Waals surface area (Å²) in [6.07, 6.45) is 7.12. The molecule has 1 atom stereocenters. The van der Waals surface area contributed by atoms with E-state index in [1.807, 2.05) is 36.9 Å². The summed E-state index contributed by atoms with van der Waals surface area (Å²) < 4.78 is 15.3. The Balaban J connectivity index is 1.52. The van der Waals surface area contributed by atoms with Crippen molar-refractivity contribution in [1.29, 1.82) is 0 Å². The van der Waals surface area contributed by atoms with E-state index in [1.165, 1.54) is 47.6 Å². The van der Waals surface area contributed by atoms with Gasteiger partial charge in [-0.05, 0) is 100 Å². The molecular weight excluding hydrogens is 508 g/mol. The lowest BCUT2D eigenvalue weighted by Gasteiger charge is -2.25. The molecule has 6 heteroatoms. The van der Waals surface area contributed by atoms with Crippen molar-refractivity contribution in [2.24, 2.45) is 5.92 Å². The van der Waals surface area contributed by atoms with Gasteiger partial charge in [0.15, 0.2) is 0 Å². The molecule has 38 heavy (non-hydrogen) atoms. The van der Waals surface area contributed by atoms with Crippen molar-refractivity contribution in [2.45, 2.75) is 65.8 Å². The smallest absolute Gasteiger partial charge is 0.263 e. The number of allylic oxidation sites excluding steroid dienone is 4. The maximum Gasteiger partial charge on any atom is 0.263 e. The molecule has 3 aromatic rings. The van der Waals surface area contributed by atoms with Crippen LogP contribution in [-0.2, 0) is 6.54 Å². The Bertz CT molecular complexity index is 1430. The molecule has 0 amide bonds. The monoisotopic (exact) mass is 547 g/mol. The predicted octanol–water partition coefficient (Wildman–Crippen LogP) is 8.61. The zero-order valence-corrected chi connectivity index (χ0v) is 25.1. The highest BCUT2D eigenvalue weighted by Crippen LogP contribution is 2.48. The van der Waals surface area contributed by atoms with E-state index in [0.717, 1.165) is 37.4 Å². The van der Waals surface area contributed by atoms with Crippen molar-refractivity contribution in [3.8, 4) is 11.5 Å². The first-order chi connectivity index (χ1) is 18.4. The average molecular weight is 548 g/mol. The molecule has 0 fully saturated rings. The molecule has 5 rings (SSSR count). The van der Waals surface area contributed by atoms with Crippen LogP contribution in [0.1, 0.15) is 59.4 Å². The van der Waals surface area contributed by atoms with Crippen molar-refractivity contribution in [3.05, 3.63) is 69.2 Å². The molecule has 0 N–H and O–H groups in total. The molecule has 200 valence electrons. The van der Waals surface area contributed by atoms with E-state index in [4.69, 9.17) is 9.47 Å². The van der Waals surface area contributed by atoms with Gasteiger partial charge in [-0.15, -0.1) is 0 Å². The van der Waals surface area contributed by atoms with Crippen molar-refractivity contribution >= 4 is 45.1 Å². The van der Waals surface area contributed by atoms with Crippen molar-refractivity contribution in [2.75, 3.05) is 24.7 Å². The molecule has 0 saturated heterocycles. The third-order valence-electron chi connectivity index (χ3n) is 7.35. The van der Waals surface area contributed by atoms with Gasteiger partial charge < -0.3 is 14.4 Å². The molecule has 0 bridgehead atoms. The van der Waals surface area contributed by atoms with Crippen LogP contribution < -0.4 is 18.9 Å². The quantitative estimate of drug-likeness (QED) is 0.264. The normalized spacial score (nSPS) is 19.6. The third kappa shape index (κ3) is 5.26. The number of fused-ring (bicyclic) bond motifs is 2. The van der Waals surface area contributed by atoms with Gasteiger partial charge in [0.25, 0.3) is 5.01 Å². The highest BCUT2D eigenvalue weighted by Gasteiger charge is 2.27. The van der Waals surface area contributed by atoms with Crippen molar-refractivity contribution < 1.29 is 14.0 Å². The van der Waals surface area contributed by atoms with Crippen LogP contribution in [-0.4, -0.2) is 19.8 Å². The molecule has 2 heterocycles. The minimum absolute atomic E-state index is 0.610. The third-order valence-corrected chi connectivity index (χ3v) is 9.58. The number of thiazole rings is 1. The van der Waals surface area contributed by atoms with E-state index in [1.54, 1.807) is 0 Å². The second kappa shape index (κ2) is 11.6. The number of thioether (sulfide) groups is 1. The highest BCUT2D eigenvalue weighted by atomic mass is 32.2. The number of rotatable bonds is 8. The van der Waals surface area contributed by atoms with Gasteiger partial charge in [-0.25, -0.2) is 0 Å². The summed E-state index contributed by atoms with van der Waals surface area (Å²) in [7, 11) is 0. The zero-order chi connectivity index (χ0) is 26.8. The predicted molar refractivity (Wildman–Crippen MR) is 163 cm³/mol. The van der Waals surface area contributed by atoms with Gasteiger partial charge in [-0.2, -0.15) is 4.57 Å². The lowest BCUT2D eigenvalue weighted by atomic mass is 9.81. The molecule has 1 unspecified atom stereocenters. The SMILES string of the molecule is CCOc1ccc2c(c1)N(CC)C(=CC1=C(C)C(=Cc3sc4ccc(OCC)cc4[n+]3CC)CC(C)C1)S2. The number of nitrogens with zero attached hydrogens (tertiary/aromatic N) is 2. The average Bonchev–Trinajstić information content (AvgIpc) is 3.43. The standard InChI is InChI=1S/C32H39N2O2S2/c1-7-33-27-19-25(35-9-3)11-13-29(27)37-31(33)17-23-15-21(5)16-24(22(23)6)18-32-34(8-2)28-20-26(36-10-4)12-14-30(28)38-32/h11-14,17-21H,7-10,15-16H2,1-6H3/q+1. The van der Waals surface area contributed by atoms with Crippen LogP contribution in [0.15, 0.2) is 69.1 Å². The van der Waals surface area contributed by atoms with E-state index in [-0.39, 0.29) is 0 Å². The van der Waals surface area contributed by atoms with Crippen LogP contribution in [0.2, 0.25) is 0 Å². The summed E-state index contributed by atoms with van der Waals surface area (Å²) in [5.41, 5.74) is 6.85. The summed E-state index contributed by atoms with van der Waals surface area (Å²) in [6, 6.07) is 13.0. The van der Waals surface area contributed by atoms with Gasteiger partial charge in [0.1, 0.15) is 22.7 Å². The first-order valence-corrected chi connectivity index (χ1v) is 15.5. The van der Waals surface area contributed by atoms with E-state index >= 15 is 0 Å². The Kier molecular flexibility index (Phi) is 8.20.